The molecule has 5 nitrogen and oxygen atoms in total. The van der Waals surface area contributed by atoms with Gasteiger partial charge in [-0.3, -0.25) is 9.59 Å². The number of hydrogen-bond donors (Lipinski definition) is 1. The maximum absolute atomic E-state index is 12.1. The van der Waals surface area contributed by atoms with E-state index in [0.29, 0.717) is 12.8 Å². The first-order valence-corrected chi connectivity index (χ1v) is 19.2. The van der Waals surface area contributed by atoms with Crippen molar-refractivity contribution in [2.24, 2.45) is 0 Å². The second-order valence-corrected chi connectivity index (χ2v) is 12.7. The second-order valence-electron chi connectivity index (χ2n) is 12.7. The molecular formula is C41H72O5. The molecule has 46 heavy (non-hydrogen) atoms. The van der Waals surface area contributed by atoms with Crippen LogP contribution in [0.3, 0.4) is 0 Å². The number of rotatable bonds is 34. The molecule has 0 aliphatic carbocycles. The van der Waals surface area contributed by atoms with Crippen molar-refractivity contribution in [2.75, 3.05) is 13.2 Å². The molecule has 1 N–H and O–H groups in total. The van der Waals surface area contributed by atoms with Crippen LogP contribution in [0.1, 0.15) is 181 Å². The van der Waals surface area contributed by atoms with Crippen molar-refractivity contribution in [2.45, 2.75) is 187 Å². The highest BCUT2D eigenvalue weighted by Crippen LogP contribution is 2.13. The summed E-state index contributed by atoms with van der Waals surface area (Å²) in [6, 6.07) is 0. The molecule has 0 amide bonds. The van der Waals surface area contributed by atoms with Gasteiger partial charge in [0.2, 0.25) is 0 Å². The average Bonchev–Trinajstić information content (AvgIpc) is 3.06. The van der Waals surface area contributed by atoms with Crippen LogP contribution in [-0.4, -0.2) is 36.4 Å². The minimum Gasteiger partial charge on any atom is -0.462 e. The normalized spacial score (nSPS) is 12.7. The molecule has 0 radical (unpaired) electrons. The lowest BCUT2D eigenvalue weighted by atomic mass is 10.1. The smallest absolute Gasteiger partial charge is 0.306 e. The first-order valence-electron chi connectivity index (χ1n) is 19.2. The quantitative estimate of drug-likeness (QED) is 0.0429. The van der Waals surface area contributed by atoms with Crippen LogP contribution in [0.5, 0.6) is 0 Å². The summed E-state index contributed by atoms with van der Waals surface area (Å²) in [6.07, 6.45) is 46.1. The third-order valence-corrected chi connectivity index (χ3v) is 8.13. The SMILES string of the molecule is CCCCCCCCC/C=C/C/C=C/C/C=C/C/C=C/CCCC(=O)O[C@@H](CO)COC(=O)CCCCCCCCCCCCC. The molecule has 0 bridgehead atoms. The predicted molar refractivity (Wildman–Crippen MR) is 196 cm³/mol. The number of carbonyl (C=O) groups is 2. The Hall–Kier alpha value is -2.14. The highest BCUT2D eigenvalue weighted by Gasteiger charge is 2.15. The number of aliphatic hydroxyl groups excluding tert-OH is 1. The van der Waals surface area contributed by atoms with E-state index < -0.39 is 6.10 Å². The Morgan fingerprint density at radius 3 is 1.37 bits per heavy atom. The second kappa shape index (κ2) is 37.3. The maximum Gasteiger partial charge on any atom is 0.306 e. The van der Waals surface area contributed by atoms with Crippen molar-refractivity contribution < 1.29 is 24.2 Å². The van der Waals surface area contributed by atoms with Crippen LogP contribution in [0.4, 0.5) is 0 Å². The molecule has 0 saturated heterocycles. The number of unbranched alkanes of at least 4 members (excludes halogenated alkanes) is 18. The van der Waals surface area contributed by atoms with Gasteiger partial charge in [0, 0.05) is 12.8 Å². The van der Waals surface area contributed by atoms with E-state index in [1.807, 2.05) is 0 Å². The fourth-order valence-corrected chi connectivity index (χ4v) is 5.19. The van der Waals surface area contributed by atoms with Gasteiger partial charge < -0.3 is 14.6 Å². The Labute approximate surface area is 284 Å². The lowest BCUT2D eigenvalue weighted by Crippen LogP contribution is -2.28. The molecular weight excluding hydrogens is 572 g/mol. The molecule has 0 aromatic heterocycles. The molecule has 0 saturated carbocycles. The van der Waals surface area contributed by atoms with Crippen LogP contribution < -0.4 is 0 Å². The highest BCUT2D eigenvalue weighted by atomic mass is 16.6. The lowest BCUT2D eigenvalue weighted by Gasteiger charge is -2.15. The van der Waals surface area contributed by atoms with E-state index in [9.17, 15) is 14.7 Å². The molecule has 0 heterocycles. The van der Waals surface area contributed by atoms with E-state index in [1.165, 1.54) is 103 Å². The highest BCUT2D eigenvalue weighted by molar-refractivity contribution is 5.70. The Morgan fingerprint density at radius 1 is 0.500 bits per heavy atom. The molecule has 0 rings (SSSR count). The first-order chi connectivity index (χ1) is 22.6. The maximum atomic E-state index is 12.1. The number of ether oxygens (including phenoxy) is 2. The van der Waals surface area contributed by atoms with Gasteiger partial charge in [0.25, 0.3) is 0 Å². The van der Waals surface area contributed by atoms with Crippen molar-refractivity contribution in [1.29, 1.82) is 0 Å². The summed E-state index contributed by atoms with van der Waals surface area (Å²) in [5, 5.41) is 9.52. The lowest BCUT2D eigenvalue weighted by molar-refractivity contribution is -0.161. The Kier molecular flexibility index (Phi) is 35.6. The topological polar surface area (TPSA) is 72.8 Å². The van der Waals surface area contributed by atoms with Crippen molar-refractivity contribution >= 4 is 11.9 Å². The van der Waals surface area contributed by atoms with E-state index in [-0.39, 0.29) is 31.6 Å². The van der Waals surface area contributed by atoms with Crippen LogP contribution >= 0.6 is 0 Å². The van der Waals surface area contributed by atoms with E-state index >= 15 is 0 Å². The fraction of sp³-hybridized carbons (Fsp3) is 0.756. The van der Waals surface area contributed by atoms with Gasteiger partial charge in [-0.1, -0.05) is 165 Å². The third kappa shape index (κ3) is 34.7. The number of aliphatic hydroxyl groups is 1. The fourth-order valence-electron chi connectivity index (χ4n) is 5.19. The molecule has 0 aromatic carbocycles. The van der Waals surface area contributed by atoms with E-state index in [4.69, 9.17) is 9.47 Å². The van der Waals surface area contributed by atoms with Gasteiger partial charge in [-0.15, -0.1) is 0 Å². The summed E-state index contributed by atoms with van der Waals surface area (Å²) in [7, 11) is 0. The van der Waals surface area contributed by atoms with Gasteiger partial charge in [-0.2, -0.15) is 0 Å². The number of carbonyl (C=O) groups excluding carboxylic acids is 2. The number of allylic oxidation sites excluding steroid dienone is 8. The van der Waals surface area contributed by atoms with Gasteiger partial charge in [-0.05, 0) is 51.4 Å². The zero-order chi connectivity index (χ0) is 33.6. The van der Waals surface area contributed by atoms with Crippen molar-refractivity contribution in [1.82, 2.24) is 0 Å². The minimum absolute atomic E-state index is 0.0868. The van der Waals surface area contributed by atoms with Crippen molar-refractivity contribution in [3.63, 3.8) is 0 Å². The molecule has 0 aliphatic heterocycles. The summed E-state index contributed by atoms with van der Waals surface area (Å²) in [5.74, 6) is -0.657. The Balaban J connectivity index is 3.68. The van der Waals surface area contributed by atoms with E-state index in [0.717, 1.165) is 44.9 Å². The zero-order valence-electron chi connectivity index (χ0n) is 30.1. The Morgan fingerprint density at radius 2 is 0.891 bits per heavy atom. The molecule has 0 fully saturated rings. The summed E-state index contributed by atoms with van der Waals surface area (Å²) in [6.45, 7) is 4.07. The van der Waals surface area contributed by atoms with Gasteiger partial charge in [0.15, 0.2) is 6.10 Å². The number of hydrogen-bond acceptors (Lipinski definition) is 5. The average molecular weight is 645 g/mol. The van der Waals surface area contributed by atoms with Gasteiger partial charge in [0.1, 0.15) is 6.61 Å². The largest absolute Gasteiger partial charge is 0.462 e. The van der Waals surface area contributed by atoms with Crippen molar-refractivity contribution in [3.8, 4) is 0 Å². The monoisotopic (exact) mass is 645 g/mol. The molecule has 266 valence electrons. The standard InChI is InChI=1S/C41H72O5/c1-3-5-7-9-11-13-15-16-17-18-19-20-21-22-23-24-26-28-30-32-34-36-41(44)46-39(37-42)38-45-40(43)35-33-31-29-27-25-14-12-10-8-6-4-2/h17-18,20-21,23-24,28,30,39,42H,3-16,19,22,25-27,29,31-38H2,1-2H3/b18-17+,21-20+,24-23+,30-28+/t39-/m0/s1. The Bertz CT molecular complexity index is 782. The van der Waals surface area contributed by atoms with E-state index in [1.54, 1.807) is 0 Å². The summed E-state index contributed by atoms with van der Waals surface area (Å²) < 4.78 is 10.5. The molecule has 5 heteroatoms. The summed E-state index contributed by atoms with van der Waals surface area (Å²) >= 11 is 0. The molecule has 0 aromatic rings. The van der Waals surface area contributed by atoms with E-state index in [2.05, 4.69) is 62.5 Å². The minimum atomic E-state index is -0.797. The van der Waals surface area contributed by atoms with Gasteiger partial charge in [-0.25, -0.2) is 0 Å². The first kappa shape index (κ1) is 43.9. The van der Waals surface area contributed by atoms with Crippen LogP contribution in [0.2, 0.25) is 0 Å². The molecule has 0 unspecified atom stereocenters. The van der Waals surface area contributed by atoms with Crippen LogP contribution in [0.25, 0.3) is 0 Å². The summed E-state index contributed by atoms with van der Waals surface area (Å²) in [5.41, 5.74) is 0. The third-order valence-electron chi connectivity index (χ3n) is 8.13. The zero-order valence-corrected chi connectivity index (χ0v) is 30.1. The van der Waals surface area contributed by atoms with Gasteiger partial charge in [0.05, 0.1) is 6.61 Å². The van der Waals surface area contributed by atoms with Gasteiger partial charge >= 0.3 is 11.9 Å². The van der Waals surface area contributed by atoms with Crippen LogP contribution in [0, 0.1) is 0 Å². The number of esters is 2. The van der Waals surface area contributed by atoms with Crippen LogP contribution in [-0.2, 0) is 19.1 Å². The molecule has 0 spiro atoms. The molecule has 0 aliphatic rings. The van der Waals surface area contributed by atoms with Crippen molar-refractivity contribution in [3.05, 3.63) is 48.6 Å². The van der Waals surface area contributed by atoms with Crippen LogP contribution in [0.15, 0.2) is 48.6 Å². The summed E-state index contributed by atoms with van der Waals surface area (Å²) in [4.78, 5) is 24.1. The predicted octanol–water partition coefficient (Wildman–Crippen LogP) is 11.8. The molecule has 1 atom stereocenters.